The van der Waals surface area contributed by atoms with E-state index in [2.05, 4.69) is 29.1 Å². The quantitative estimate of drug-likeness (QED) is 0.539. The lowest BCUT2D eigenvalue weighted by atomic mass is 9.97. The van der Waals surface area contributed by atoms with Gasteiger partial charge < -0.3 is 15.2 Å². The van der Waals surface area contributed by atoms with Gasteiger partial charge in [-0.3, -0.25) is 0 Å². The SMILES string of the molecule is CCOCCOc1cccc(C2CC(c3ccccc3N)NN2)c1. The molecule has 1 heterocycles. The summed E-state index contributed by atoms with van der Waals surface area (Å²) in [5.74, 6) is 0.872. The van der Waals surface area contributed by atoms with Gasteiger partial charge in [0.25, 0.3) is 0 Å². The van der Waals surface area contributed by atoms with Crippen molar-refractivity contribution in [3.8, 4) is 5.75 Å². The fraction of sp³-hybridized carbons (Fsp3) is 0.368. The number of ether oxygens (including phenoxy) is 2. The highest BCUT2D eigenvalue weighted by molar-refractivity contribution is 5.48. The van der Waals surface area contributed by atoms with Crippen LogP contribution in [0.4, 0.5) is 5.69 Å². The monoisotopic (exact) mass is 327 g/mol. The molecule has 0 bridgehead atoms. The van der Waals surface area contributed by atoms with Gasteiger partial charge in [-0.05, 0) is 42.7 Å². The summed E-state index contributed by atoms with van der Waals surface area (Å²) in [4.78, 5) is 0. The maximum atomic E-state index is 6.09. The average Bonchev–Trinajstić information content (AvgIpc) is 3.09. The van der Waals surface area contributed by atoms with Gasteiger partial charge >= 0.3 is 0 Å². The highest BCUT2D eigenvalue weighted by Crippen LogP contribution is 2.34. The predicted molar refractivity (Wildman–Crippen MR) is 95.7 cm³/mol. The maximum Gasteiger partial charge on any atom is 0.119 e. The van der Waals surface area contributed by atoms with Crippen LogP contribution in [0.5, 0.6) is 5.75 Å². The minimum atomic E-state index is 0.207. The molecule has 1 saturated heterocycles. The standard InChI is InChI=1S/C19H25N3O2/c1-2-23-10-11-24-15-7-5-6-14(12-15)18-13-19(22-21-18)16-8-3-4-9-17(16)20/h3-9,12,18-19,21-22H,2,10-11,13,20H2,1H3. The highest BCUT2D eigenvalue weighted by atomic mass is 16.5. The lowest BCUT2D eigenvalue weighted by Crippen LogP contribution is -2.27. The molecule has 1 fully saturated rings. The van der Waals surface area contributed by atoms with E-state index in [0.717, 1.165) is 23.4 Å². The zero-order chi connectivity index (χ0) is 16.8. The van der Waals surface area contributed by atoms with Gasteiger partial charge in [-0.25, -0.2) is 10.9 Å². The van der Waals surface area contributed by atoms with E-state index in [0.29, 0.717) is 19.8 Å². The van der Waals surface area contributed by atoms with Crippen LogP contribution in [0.3, 0.4) is 0 Å². The van der Waals surface area contributed by atoms with Crippen LogP contribution in [0.15, 0.2) is 48.5 Å². The summed E-state index contributed by atoms with van der Waals surface area (Å²) in [6.07, 6.45) is 0.941. The van der Waals surface area contributed by atoms with E-state index < -0.39 is 0 Å². The van der Waals surface area contributed by atoms with Gasteiger partial charge in [-0.2, -0.15) is 0 Å². The molecule has 0 radical (unpaired) electrons. The van der Waals surface area contributed by atoms with E-state index in [1.165, 1.54) is 5.56 Å². The molecule has 1 aliphatic rings. The average molecular weight is 327 g/mol. The third kappa shape index (κ3) is 4.06. The van der Waals surface area contributed by atoms with Crippen LogP contribution < -0.4 is 21.3 Å². The van der Waals surface area contributed by atoms with Crippen molar-refractivity contribution in [2.75, 3.05) is 25.6 Å². The first-order valence-corrected chi connectivity index (χ1v) is 8.44. The maximum absolute atomic E-state index is 6.09. The molecule has 5 nitrogen and oxygen atoms in total. The Balaban J connectivity index is 1.62. The van der Waals surface area contributed by atoms with Crippen molar-refractivity contribution in [1.29, 1.82) is 0 Å². The largest absolute Gasteiger partial charge is 0.491 e. The van der Waals surface area contributed by atoms with Crippen molar-refractivity contribution >= 4 is 5.69 Å². The molecule has 4 N–H and O–H groups in total. The Bertz CT molecular complexity index is 663. The summed E-state index contributed by atoms with van der Waals surface area (Å²) in [5, 5.41) is 0. The number of nitrogen functional groups attached to an aromatic ring is 1. The van der Waals surface area contributed by atoms with Crippen LogP contribution in [0.2, 0.25) is 0 Å². The van der Waals surface area contributed by atoms with Crippen LogP contribution in [-0.2, 0) is 4.74 Å². The molecule has 128 valence electrons. The third-order valence-corrected chi connectivity index (χ3v) is 4.24. The Labute approximate surface area is 143 Å². The molecule has 3 rings (SSSR count). The zero-order valence-electron chi connectivity index (χ0n) is 14.0. The first-order chi connectivity index (χ1) is 11.8. The molecule has 0 spiro atoms. The summed E-state index contributed by atoms with van der Waals surface area (Å²) >= 11 is 0. The van der Waals surface area contributed by atoms with Gasteiger partial charge in [0.15, 0.2) is 0 Å². The fourth-order valence-corrected chi connectivity index (χ4v) is 2.99. The van der Waals surface area contributed by atoms with Gasteiger partial charge in [-0.15, -0.1) is 0 Å². The minimum Gasteiger partial charge on any atom is -0.491 e. The zero-order valence-corrected chi connectivity index (χ0v) is 14.0. The van der Waals surface area contributed by atoms with Crippen molar-refractivity contribution in [2.45, 2.75) is 25.4 Å². The van der Waals surface area contributed by atoms with E-state index in [9.17, 15) is 0 Å². The van der Waals surface area contributed by atoms with Gasteiger partial charge in [0.1, 0.15) is 12.4 Å². The Morgan fingerprint density at radius 2 is 1.88 bits per heavy atom. The highest BCUT2D eigenvalue weighted by Gasteiger charge is 2.27. The molecule has 1 aliphatic heterocycles. The van der Waals surface area contributed by atoms with E-state index in [4.69, 9.17) is 15.2 Å². The molecule has 5 heteroatoms. The number of para-hydroxylation sites is 1. The number of benzene rings is 2. The number of hydrogen-bond acceptors (Lipinski definition) is 5. The molecule has 2 aromatic carbocycles. The summed E-state index contributed by atoms with van der Waals surface area (Å²) in [6.45, 7) is 3.87. The van der Waals surface area contributed by atoms with Crippen LogP contribution in [0.1, 0.15) is 36.6 Å². The third-order valence-electron chi connectivity index (χ3n) is 4.24. The minimum absolute atomic E-state index is 0.207. The molecule has 0 amide bonds. The molecule has 2 aromatic rings. The van der Waals surface area contributed by atoms with Crippen molar-refractivity contribution in [3.05, 3.63) is 59.7 Å². The van der Waals surface area contributed by atoms with E-state index in [1.807, 2.05) is 37.3 Å². The molecule has 0 aliphatic carbocycles. The first kappa shape index (κ1) is 16.8. The normalized spacial score (nSPS) is 20.2. The van der Waals surface area contributed by atoms with Gasteiger partial charge in [0.2, 0.25) is 0 Å². The molecular weight excluding hydrogens is 302 g/mol. The number of rotatable bonds is 7. The van der Waals surface area contributed by atoms with Crippen molar-refractivity contribution in [3.63, 3.8) is 0 Å². The second kappa shape index (κ2) is 8.15. The van der Waals surface area contributed by atoms with Crippen LogP contribution in [0, 0.1) is 0 Å². The molecule has 0 aromatic heterocycles. The number of hydrazine groups is 1. The number of hydrogen-bond donors (Lipinski definition) is 3. The number of anilines is 1. The summed E-state index contributed by atoms with van der Waals surface area (Å²) < 4.78 is 11.0. The first-order valence-electron chi connectivity index (χ1n) is 8.44. The summed E-state index contributed by atoms with van der Waals surface area (Å²) in [5.41, 5.74) is 16.0. The lowest BCUT2D eigenvalue weighted by Gasteiger charge is -2.13. The predicted octanol–water partition coefficient (Wildman–Crippen LogP) is 2.96. The smallest absolute Gasteiger partial charge is 0.119 e. The molecule has 2 atom stereocenters. The summed E-state index contributed by atoms with van der Waals surface area (Å²) in [7, 11) is 0. The van der Waals surface area contributed by atoms with E-state index >= 15 is 0 Å². The van der Waals surface area contributed by atoms with Crippen LogP contribution >= 0.6 is 0 Å². The second-order valence-corrected chi connectivity index (χ2v) is 5.88. The summed E-state index contributed by atoms with van der Waals surface area (Å²) in [6, 6.07) is 16.6. The Hall–Kier alpha value is -2.08. The Morgan fingerprint density at radius 3 is 2.71 bits per heavy atom. The van der Waals surface area contributed by atoms with Crippen LogP contribution in [-0.4, -0.2) is 19.8 Å². The van der Waals surface area contributed by atoms with Crippen molar-refractivity contribution < 1.29 is 9.47 Å². The molecule has 2 unspecified atom stereocenters. The fourth-order valence-electron chi connectivity index (χ4n) is 2.99. The Kier molecular flexibility index (Phi) is 5.69. The number of nitrogens with one attached hydrogen (secondary N) is 2. The van der Waals surface area contributed by atoms with Crippen molar-refractivity contribution in [1.82, 2.24) is 10.9 Å². The lowest BCUT2D eigenvalue weighted by molar-refractivity contribution is 0.110. The van der Waals surface area contributed by atoms with Gasteiger partial charge in [0, 0.05) is 18.3 Å². The van der Waals surface area contributed by atoms with Gasteiger partial charge in [0.05, 0.1) is 12.6 Å². The molecular formula is C19H25N3O2. The van der Waals surface area contributed by atoms with Gasteiger partial charge in [-0.1, -0.05) is 30.3 Å². The second-order valence-electron chi connectivity index (χ2n) is 5.88. The van der Waals surface area contributed by atoms with E-state index in [1.54, 1.807) is 0 Å². The van der Waals surface area contributed by atoms with Crippen LogP contribution in [0.25, 0.3) is 0 Å². The Morgan fingerprint density at radius 1 is 1.04 bits per heavy atom. The van der Waals surface area contributed by atoms with E-state index in [-0.39, 0.29) is 12.1 Å². The number of nitrogens with two attached hydrogens (primary N) is 1. The van der Waals surface area contributed by atoms with Crippen molar-refractivity contribution in [2.24, 2.45) is 0 Å². The molecule has 24 heavy (non-hydrogen) atoms. The molecule has 0 saturated carbocycles. The topological polar surface area (TPSA) is 68.5 Å².